The Kier molecular flexibility index (Phi) is 7.74. The van der Waals surface area contributed by atoms with Crippen molar-refractivity contribution in [3.05, 3.63) is 24.2 Å². The highest BCUT2D eigenvalue weighted by molar-refractivity contribution is 5.80. The van der Waals surface area contributed by atoms with Crippen LogP contribution in [0.4, 0.5) is 0 Å². The normalized spacial score (nSPS) is 13.3. The molecule has 5 heteroatoms. The average Bonchev–Trinajstić information content (AvgIpc) is 2.89. The van der Waals surface area contributed by atoms with Crippen LogP contribution in [0.2, 0.25) is 0 Å². The van der Waals surface area contributed by atoms with Gasteiger partial charge in [-0.3, -0.25) is 4.99 Å². The maximum Gasteiger partial charge on any atom is 0.191 e. The Morgan fingerprint density at radius 2 is 2.37 bits per heavy atom. The van der Waals surface area contributed by atoms with E-state index in [9.17, 15) is 0 Å². The number of furan rings is 1. The van der Waals surface area contributed by atoms with Gasteiger partial charge in [-0.05, 0) is 25.5 Å². The lowest BCUT2D eigenvalue weighted by atomic mass is 10.3. The maximum absolute atomic E-state index is 5.30. The quantitative estimate of drug-likeness (QED) is 0.557. The van der Waals surface area contributed by atoms with Gasteiger partial charge in [0.2, 0.25) is 0 Å². The van der Waals surface area contributed by atoms with E-state index >= 15 is 0 Å². The molecule has 1 unspecified atom stereocenters. The van der Waals surface area contributed by atoms with E-state index in [1.165, 1.54) is 0 Å². The van der Waals surface area contributed by atoms with E-state index in [4.69, 9.17) is 9.15 Å². The third kappa shape index (κ3) is 6.86. The SMILES string of the molecule is CCCN=C(NCCc1ccco1)NC(C)COC. The minimum Gasteiger partial charge on any atom is -0.469 e. The molecule has 0 aliphatic carbocycles. The molecular formula is C14H25N3O2. The minimum absolute atomic E-state index is 0.233. The third-order valence-electron chi connectivity index (χ3n) is 2.54. The summed E-state index contributed by atoms with van der Waals surface area (Å²) in [4.78, 5) is 4.49. The van der Waals surface area contributed by atoms with Crippen LogP contribution in [-0.4, -0.2) is 38.8 Å². The molecule has 5 nitrogen and oxygen atoms in total. The van der Waals surface area contributed by atoms with Gasteiger partial charge in [-0.25, -0.2) is 0 Å². The second-order valence-corrected chi connectivity index (χ2v) is 4.49. The van der Waals surface area contributed by atoms with E-state index in [2.05, 4.69) is 29.5 Å². The summed E-state index contributed by atoms with van der Waals surface area (Å²) in [6.45, 7) is 6.45. The van der Waals surface area contributed by atoms with Gasteiger partial charge in [-0.15, -0.1) is 0 Å². The number of rotatable bonds is 8. The Balaban J connectivity index is 2.36. The lowest BCUT2D eigenvalue weighted by Crippen LogP contribution is -2.44. The maximum atomic E-state index is 5.30. The molecule has 1 heterocycles. The highest BCUT2D eigenvalue weighted by Crippen LogP contribution is 1.99. The fourth-order valence-electron chi connectivity index (χ4n) is 1.66. The summed E-state index contributed by atoms with van der Waals surface area (Å²) in [7, 11) is 1.70. The minimum atomic E-state index is 0.233. The van der Waals surface area contributed by atoms with Crippen LogP contribution in [0.15, 0.2) is 27.8 Å². The Morgan fingerprint density at radius 1 is 1.53 bits per heavy atom. The Morgan fingerprint density at radius 3 is 3.00 bits per heavy atom. The van der Waals surface area contributed by atoms with Gasteiger partial charge in [0, 0.05) is 32.7 Å². The molecule has 0 aliphatic rings. The van der Waals surface area contributed by atoms with E-state index in [1.54, 1.807) is 13.4 Å². The van der Waals surface area contributed by atoms with Crippen LogP contribution in [0.3, 0.4) is 0 Å². The largest absolute Gasteiger partial charge is 0.469 e. The Bertz CT molecular complexity index is 350. The van der Waals surface area contributed by atoms with Crippen molar-refractivity contribution in [2.24, 2.45) is 4.99 Å². The first-order chi connectivity index (χ1) is 9.26. The first-order valence-electron chi connectivity index (χ1n) is 6.82. The number of ether oxygens (including phenoxy) is 1. The number of hydrogen-bond acceptors (Lipinski definition) is 3. The fraction of sp³-hybridized carbons (Fsp3) is 0.643. The molecule has 1 aromatic heterocycles. The summed E-state index contributed by atoms with van der Waals surface area (Å²) in [5.41, 5.74) is 0. The van der Waals surface area contributed by atoms with E-state index in [-0.39, 0.29) is 6.04 Å². The molecule has 0 amide bonds. The van der Waals surface area contributed by atoms with Crippen molar-refractivity contribution in [2.45, 2.75) is 32.7 Å². The van der Waals surface area contributed by atoms with Crippen molar-refractivity contribution < 1.29 is 9.15 Å². The zero-order valence-electron chi connectivity index (χ0n) is 12.1. The van der Waals surface area contributed by atoms with Gasteiger partial charge in [0.25, 0.3) is 0 Å². The number of methoxy groups -OCH3 is 1. The van der Waals surface area contributed by atoms with Gasteiger partial charge in [0.05, 0.1) is 12.9 Å². The Labute approximate surface area is 115 Å². The van der Waals surface area contributed by atoms with Gasteiger partial charge >= 0.3 is 0 Å². The predicted molar refractivity (Wildman–Crippen MR) is 77.5 cm³/mol. The molecule has 0 aromatic carbocycles. The second kappa shape index (κ2) is 9.44. The molecule has 108 valence electrons. The lowest BCUT2D eigenvalue weighted by Gasteiger charge is -2.17. The molecule has 1 atom stereocenters. The monoisotopic (exact) mass is 267 g/mol. The van der Waals surface area contributed by atoms with E-state index in [0.29, 0.717) is 6.61 Å². The van der Waals surface area contributed by atoms with Crippen molar-refractivity contribution in [2.75, 3.05) is 26.8 Å². The molecule has 1 rings (SSSR count). The highest BCUT2D eigenvalue weighted by Gasteiger charge is 2.05. The zero-order valence-corrected chi connectivity index (χ0v) is 12.1. The molecule has 0 radical (unpaired) electrons. The van der Waals surface area contributed by atoms with Crippen molar-refractivity contribution in [3.8, 4) is 0 Å². The van der Waals surface area contributed by atoms with E-state index in [1.807, 2.05) is 12.1 Å². The summed E-state index contributed by atoms with van der Waals surface area (Å²) >= 11 is 0. The van der Waals surface area contributed by atoms with Crippen molar-refractivity contribution in [1.82, 2.24) is 10.6 Å². The van der Waals surface area contributed by atoms with Crippen LogP contribution in [-0.2, 0) is 11.2 Å². The predicted octanol–water partition coefficient (Wildman–Crippen LogP) is 1.80. The summed E-state index contributed by atoms with van der Waals surface area (Å²) < 4.78 is 10.4. The summed E-state index contributed by atoms with van der Waals surface area (Å²) in [6, 6.07) is 4.11. The number of guanidine groups is 1. The first kappa shape index (κ1) is 15.6. The van der Waals surface area contributed by atoms with Crippen molar-refractivity contribution >= 4 is 5.96 Å². The molecule has 0 fully saturated rings. The van der Waals surface area contributed by atoms with Gasteiger partial charge in [-0.1, -0.05) is 6.92 Å². The molecular weight excluding hydrogens is 242 g/mol. The summed E-state index contributed by atoms with van der Waals surface area (Å²) in [6.07, 6.45) is 3.57. The molecule has 0 bridgehead atoms. The molecule has 0 saturated heterocycles. The smallest absolute Gasteiger partial charge is 0.191 e. The number of hydrogen-bond donors (Lipinski definition) is 2. The standard InChI is InChI=1S/C14H25N3O2/c1-4-8-15-14(17-12(2)11-18-3)16-9-7-13-6-5-10-19-13/h5-6,10,12H,4,7-9,11H2,1-3H3,(H2,15,16,17). The molecule has 2 N–H and O–H groups in total. The van der Waals surface area contributed by atoms with Crippen LogP contribution in [0.5, 0.6) is 0 Å². The Hall–Kier alpha value is -1.49. The van der Waals surface area contributed by atoms with Gasteiger partial charge in [-0.2, -0.15) is 0 Å². The third-order valence-corrected chi connectivity index (χ3v) is 2.54. The lowest BCUT2D eigenvalue weighted by molar-refractivity contribution is 0.179. The van der Waals surface area contributed by atoms with Crippen LogP contribution in [0, 0.1) is 0 Å². The van der Waals surface area contributed by atoms with Crippen molar-refractivity contribution in [3.63, 3.8) is 0 Å². The van der Waals surface area contributed by atoms with E-state index < -0.39 is 0 Å². The van der Waals surface area contributed by atoms with Gasteiger partial charge in [0.15, 0.2) is 5.96 Å². The van der Waals surface area contributed by atoms with Crippen molar-refractivity contribution in [1.29, 1.82) is 0 Å². The zero-order chi connectivity index (χ0) is 13.9. The highest BCUT2D eigenvalue weighted by atomic mass is 16.5. The molecule has 0 aliphatic heterocycles. The van der Waals surface area contributed by atoms with Crippen LogP contribution < -0.4 is 10.6 Å². The second-order valence-electron chi connectivity index (χ2n) is 4.49. The van der Waals surface area contributed by atoms with Crippen LogP contribution >= 0.6 is 0 Å². The van der Waals surface area contributed by atoms with Crippen LogP contribution in [0.25, 0.3) is 0 Å². The summed E-state index contributed by atoms with van der Waals surface area (Å²) in [5.74, 6) is 1.81. The summed E-state index contributed by atoms with van der Waals surface area (Å²) in [5, 5.41) is 6.62. The topological polar surface area (TPSA) is 58.8 Å². The van der Waals surface area contributed by atoms with Gasteiger partial charge < -0.3 is 19.8 Å². The van der Waals surface area contributed by atoms with E-state index in [0.717, 1.165) is 37.7 Å². The number of nitrogens with zero attached hydrogens (tertiary/aromatic N) is 1. The molecule has 19 heavy (non-hydrogen) atoms. The van der Waals surface area contributed by atoms with Gasteiger partial charge in [0.1, 0.15) is 5.76 Å². The average molecular weight is 267 g/mol. The first-order valence-corrected chi connectivity index (χ1v) is 6.82. The number of aliphatic imine (C=N–C) groups is 1. The molecule has 0 spiro atoms. The molecule has 0 saturated carbocycles. The van der Waals surface area contributed by atoms with Crippen LogP contribution in [0.1, 0.15) is 26.0 Å². The molecule has 1 aromatic rings. The fourth-order valence-corrected chi connectivity index (χ4v) is 1.66. The number of nitrogens with one attached hydrogen (secondary N) is 2.